The predicted octanol–water partition coefficient (Wildman–Crippen LogP) is 11.7. The molecule has 0 radical (unpaired) electrons. The molecule has 0 aliphatic rings. The van der Waals surface area contributed by atoms with Crippen LogP contribution < -0.4 is 0 Å². The smallest absolute Gasteiger partial charge is 0.457 e. The van der Waals surface area contributed by atoms with Gasteiger partial charge in [0.2, 0.25) is 0 Å². The molecule has 1 atom stereocenters. The van der Waals surface area contributed by atoms with E-state index in [0.717, 1.165) is 38.5 Å². The van der Waals surface area contributed by atoms with Gasteiger partial charge in [-0.2, -0.15) is 0 Å². The molecular weight excluding hydrogens is 611 g/mol. The predicted molar refractivity (Wildman–Crippen MR) is 197 cm³/mol. The second kappa shape index (κ2) is 35.8. The van der Waals surface area contributed by atoms with Crippen molar-refractivity contribution < 1.29 is 33.1 Å². The fourth-order valence-electron chi connectivity index (χ4n) is 5.08. The standard InChI is InChI=1S/C39H71O7P/c1-3-5-7-9-11-13-15-17-19-20-21-22-24-26-28-30-32-34-39(40)46-38(37-45-47(41,42)43)36-44-35-33-31-29-27-25-23-18-16-14-12-10-8-6-4-2/h11,13,17,19,21-22,26,28,38H,3-10,12,14-16,18,20,23-25,27,29-37H2,1-2H3,(H2,41,42,43)/b13-11-,19-17-,22-21-,28-26-/t38-/m1/s1. The monoisotopic (exact) mass is 682 g/mol. The first kappa shape index (κ1) is 45.5. The van der Waals surface area contributed by atoms with Crippen molar-refractivity contribution in [1.82, 2.24) is 0 Å². The Balaban J connectivity index is 3.95. The molecule has 0 aromatic carbocycles. The van der Waals surface area contributed by atoms with Crippen LogP contribution in [0.25, 0.3) is 0 Å². The lowest BCUT2D eigenvalue weighted by molar-refractivity contribution is -0.154. The van der Waals surface area contributed by atoms with Gasteiger partial charge in [-0.15, -0.1) is 0 Å². The number of rotatable bonds is 35. The third-order valence-electron chi connectivity index (χ3n) is 7.88. The first-order valence-electron chi connectivity index (χ1n) is 19.0. The average Bonchev–Trinajstić information content (AvgIpc) is 3.04. The Morgan fingerprint density at radius 2 is 1.00 bits per heavy atom. The van der Waals surface area contributed by atoms with Gasteiger partial charge < -0.3 is 19.3 Å². The van der Waals surface area contributed by atoms with E-state index in [1.807, 2.05) is 0 Å². The largest absolute Gasteiger partial charge is 0.469 e. The zero-order valence-electron chi connectivity index (χ0n) is 30.2. The number of carbonyl (C=O) groups is 1. The molecule has 0 saturated heterocycles. The van der Waals surface area contributed by atoms with Crippen molar-refractivity contribution >= 4 is 13.8 Å². The van der Waals surface area contributed by atoms with Crippen molar-refractivity contribution in [3.63, 3.8) is 0 Å². The molecule has 0 unspecified atom stereocenters. The normalized spacial score (nSPS) is 13.2. The maximum Gasteiger partial charge on any atom is 0.469 e. The number of phosphoric acid groups is 1. The van der Waals surface area contributed by atoms with Gasteiger partial charge in [-0.25, -0.2) is 4.57 Å². The summed E-state index contributed by atoms with van der Waals surface area (Å²) in [5.74, 6) is -0.416. The number of phosphoric ester groups is 1. The molecule has 2 N–H and O–H groups in total. The molecule has 0 spiro atoms. The molecule has 0 aromatic rings. The zero-order chi connectivity index (χ0) is 34.5. The van der Waals surface area contributed by atoms with Gasteiger partial charge in [-0.3, -0.25) is 9.32 Å². The van der Waals surface area contributed by atoms with Gasteiger partial charge in [0.25, 0.3) is 0 Å². The van der Waals surface area contributed by atoms with Gasteiger partial charge >= 0.3 is 13.8 Å². The van der Waals surface area contributed by atoms with Crippen LogP contribution in [0.4, 0.5) is 0 Å². The molecule has 7 nitrogen and oxygen atoms in total. The van der Waals surface area contributed by atoms with E-state index in [1.165, 1.54) is 103 Å². The Morgan fingerprint density at radius 3 is 1.49 bits per heavy atom. The number of esters is 1. The SMILES string of the molecule is CCCCC/C=C\C/C=C\C/C=C\C/C=C\CCCC(=O)O[C@H](COCCCCCCCCCCCCCCCC)COP(=O)(O)O. The summed E-state index contributed by atoms with van der Waals surface area (Å²) in [5, 5.41) is 0. The van der Waals surface area contributed by atoms with Crippen LogP contribution in [0, 0.1) is 0 Å². The summed E-state index contributed by atoms with van der Waals surface area (Å²) in [7, 11) is -4.66. The first-order valence-corrected chi connectivity index (χ1v) is 20.5. The Kier molecular flexibility index (Phi) is 34.7. The molecule has 0 bridgehead atoms. The quantitative estimate of drug-likeness (QED) is 0.0297. The lowest BCUT2D eigenvalue weighted by Crippen LogP contribution is -2.28. The highest BCUT2D eigenvalue weighted by molar-refractivity contribution is 7.46. The highest BCUT2D eigenvalue weighted by atomic mass is 31.2. The second-order valence-corrected chi connectivity index (χ2v) is 13.8. The van der Waals surface area contributed by atoms with Crippen LogP contribution in [0.3, 0.4) is 0 Å². The number of allylic oxidation sites excluding steroid dienone is 8. The number of carbonyl (C=O) groups excluding carboxylic acids is 1. The molecular formula is C39H71O7P. The summed E-state index contributed by atoms with van der Waals surface area (Å²) in [6.07, 6.45) is 43.9. The van der Waals surface area contributed by atoms with E-state index in [-0.39, 0.29) is 13.0 Å². The molecule has 0 saturated carbocycles. The minimum absolute atomic E-state index is 0.0569. The minimum atomic E-state index is -4.66. The summed E-state index contributed by atoms with van der Waals surface area (Å²) >= 11 is 0. The van der Waals surface area contributed by atoms with Crippen molar-refractivity contribution in [3.05, 3.63) is 48.6 Å². The molecule has 8 heteroatoms. The van der Waals surface area contributed by atoms with Crippen LogP contribution in [0.1, 0.15) is 168 Å². The summed E-state index contributed by atoms with van der Waals surface area (Å²) < 4.78 is 26.9. The minimum Gasteiger partial charge on any atom is -0.457 e. The fourth-order valence-corrected chi connectivity index (χ4v) is 5.44. The molecule has 0 fully saturated rings. The summed E-state index contributed by atoms with van der Waals surface area (Å²) in [6.45, 7) is 4.67. The van der Waals surface area contributed by atoms with Crippen molar-refractivity contribution in [1.29, 1.82) is 0 Å². The van der Waals surface area contributed by atoms with E-state index >= 15 is 0 Å². The topological polar surface area (TPSA) is 102 Å². The third kappa shape index (κ3) is 38.8. The van der Waals surface area contributed by atoms with E-state index in [0.29, 0.717) is 13.0 Å². The maximum absolute atomic E-state index is 12.3. The first-order chi connectivity index (χ1) is 22.9. The highest BCUT2D eigenvalue weighted by Crippen LogP contribution is 2.35. The van der Waals surface area contributed by atoms with Gasteiger partial charge in [0.1, 0.15) is 6.10 Å². The van der Waals surface area contributed by atoms with Crippen LogP contribution in [-0.4, -0.2) is 41.7 Å². The second-order valence-electron chi connectivity index (χ2n) is 12.6. The summed E-state index contributed by atoms with van der Waals surface area (Å²) in [6, 6.07) is 0. The van der Waals surface area contributed by atoms with Crippen molar-refractivity contribution in [2.24, 2.45) is 0 Å². The van der Waals surface area contributed by atoms with E-state index in [1.54, 1.807) is 0 Å². The number of hydrogen-bond donors (Lipinski definition) is 2. The van der Waals surface area contributed by atoms with Gasteiger partial charge in [0.15, 0.2) is 0 Å². The number of unbranched alkanes of at least 4 members (excludes halogenated alkanes) is 17. The molecule has 274 valence electrons. The van der Waals surface area contributed by atoms with Gasteiger partial charge in [0, 0.05) is 13.0 Å². The molecule has 0 aliphatic heterocycles. The number of ether oxygens (including phenoxy) is 2. The lowest BCUT2D eigenvalue weighted by atomic mass is 10.0. The lowest BCUT2D eigenvalue weighted by Gasteiger charge is -2.18. The maximum atomic E-state index is 12.3. The Morgan fingerprint density at radius 1 is 0.574 bits per heavy atom. The highest BCUT2D eigenvalue weighted by Gasteiger charge is 2.21. The van der Waals surface area contributed by atoms with Crippen LogP contribution in [0.15, 0.2) is 48.6 Å². The van der Waals surface area contributed by atoms with Crippen LogP contribution >= 0.6 is 7.82 Å². The average molecular weight is 683 g/mol. The van der Waals surface area contributed by atoms with E-state index in [4.69, 9.17) is 19.3 Å². The number of hydrogen-bond acceptors (Lipinski definition) is 5. The molecule has 0 heterocycles. The van der Waals surface area contributed by atoms with Gasteiger partial charge in [-0.05, 0) is 51.4 Å². The Bertz CT molecular complexity index is 846. The van der Waals surface area contributed by atoms with Crippen LogP contribution in [0.2, 0.25) is 0 Å². The van der Waals surface area contributed by atoms with Crippen molar-refractivity contribution in [2.45, 2.75) is 174 Å². The van der Waals surface area contributed by atoms with Crippen LogP contribution in [0.5, 0.6) is 0 Å². The van der Waals surface area contributed by atoms with Crippen LogP contribution in [-0.2, 0) is 23.4 Å². The van der Waals surface area contributed by atoms with Crippen molar-refractivity contribution in [3.8, 4) is 0 Å². The van der Waals surface area contributed by atoms with Crippen molar-refractivity contribution in [2.75, 3.05) is 19.8 Å². The molecule has 0 aliphatic carbocycles. The molecule has 0 rings (SSSR count). The van der Waals surface area contributed by atoms with Gasteiger partial charge in [0.05, 0.1) is 13.2 Å². The summed E-state index contributed by atoms with van der Waals surface area (Å²) in [4.78, 5) is 30.5. The summed E-state index contributed by atoms with van der Waals surface area (Å²) in [5.41, 5.74) is 0. The molecule has 0 amide bonds. The van der Waals surface area contributed by atoms with Gasteiger partial charge in [-0.1, -0.05) is 159 Å². The zero-order valence-corrected chi connectivity index (χ0v) is 31.1. The van der Waals surface area contributed by atoms with E-state index < -0.39 is 26.5 Å². The van der Waals surface area contributed by atoms with E-state index in [9.17, 15) is 9.36 Å². The molecule has 47 heavy (non-hydrogen) atoms. The molecule has 0 aromatic heterocycles. The van der Waals surface area contributed by atoms with E-state index in [2.05, 4.69) is 67.0 Å². The Hall–Kier alpha value is -1.50. The fraction of sp³-hybridized carbons (Fsp3) is 0.769. The third-order valence-corrected chi connectivity index (χ3v) is 8.37. The Labute approximate surface area is 288 Å².